The molecule has 2 rings (SSSR count). The molecule has 0 amide bonds. The summed E-state index contributed by atoms with van der Waals surface area (Å²) in [6, 6.07) is 12.5. The Morgan fingerprint density at radius 1 is 1.14 bits per heavy atom. The first-order chi connectivity index (χ1) is 9.85. The van der Waals surface area contributed by atoms with Crippen molar-refractivity contribution in [2.24, 2.45) is 5.92 Å². The van der Waals surface area contributed by atoms with Gasteiger partial charge < -0.3 is 5.32 Å². The Morgan fingerprint density at radius 2 is 1.86 bits per heavy atom. The van der Waals surface area contributed by atoms with Gasteiger partial charge in [-0.05, 0) is 44.9 Å². The molecule has 0 radical (unpaired) electrons. The monoisotopic (exact) mass is 282 g/mol. The first-order valence-electron chi connectivity index (χ1n) is 7.66. The molecule has 0 atom stereocenters. The SMILES string of the molecule is CC(C)C(=Cc1ccc2ccccc2n1)CNC(C)(C)C. The number of rotatable bonds is 4. The van der Waals surface area contributed by atoms with Crippen LogP contribution in [-0.2, 0) is 0 Å². The second kappa shape index (κ2) is 6.40. The molecule has 0 unspecified atom stereocenters. The van der Waals surface area contributed by atoms with Gasteiger partial charge in [0.25, 0.3) is 0 Å². The number of hydrogen-bond acceptors (Lipinski definition) is 2. The topological polar surface area (TPSA) is 24.9 Å². The van der Waals surface area contributed by atoms with E-state index in [9.17, 15) is 0 Å². The summed E-state index contributed by atoms with van der Waals surface area (Å²) in [6.07, 6.45) is 2.22. The Labute approximate surface area is 128 Å². The van der Waals surface area contributed by atoms with Crippen molar-refractivity contribution in [1.29, 1.82) is 0 Å². The van der Waals surface area contributed by atoms with Crippen molar-refractivity contribution in [3.05, 3.63) is 47.7 Å². The highest BCUT2D eigenvalue weighted by Gasteiger charge is 2.11. The highest BCUT2D eigenvalue weighted by molar-refractivity contribution is 5.79. The second-order valence-electron chi connectivity index (χ2n) is 6.91. The molecule has 1 aromatic carbocycles. The van der Waals surface area contributed by atoms with E-state index >= 15 is 0 Å². The van der Waals surface area contributed by atoms with Crippen LogP contribution >= 0.6 is 0 Å². The van der Waals surface area contributed by atoms with Crippen LogP contribution in [0.2, 0.25) is 0 Å². The van der Waals surface area contributed by atoms with E-state index in [1.54, 1.807) is 0 Å². The van der Waals surface area contributed by atoms with Crippen molar-refractivity contribution in [2.45, 2.75) is 40.2 Å². The maximum Gasteiger partial charge on any atom is 0.0709 e. The highest BCUT2D eigenvalue weighted by atomic mass is 14.9. The summed E-state index contributed by atoms with van der Waals surface area (Å²) in [5, 5.41) is 4.75. The van der Waals surface area contributed by atoms with E-state index in [0.29, 0.717) is 5.92 Å². The number of benzene rings is 1. The van der Waals surface area contributed by atoms with E-state index in [2.05, 4.69) is 70.3 Å². The number of hydrogen-bond donors (Lipinski definition) is 1. The van der Waals surface area contributed by atoms with Crippen LogP contribution in [0.15, 0.2) is 42.0 Å². The van der Waals surface area contributed by atoms with Gasteiger partial charge in [0.05, 0.1) is 11.2 Å². The molecule has 2 nitrogen and oxygen atoms in total. The van der Waals surface area contributed by atoms with Gasteiger partial charge >= 0.3 is 0 Å². The smallest absolute Gasteiger partial charge is 0.0709 e. The minimum atomic E-state index is 0.130. The fraction of sp³-hybridized carbons (Fsp3) is 0.421. The van der Waals surface area contributed by atoms with Crippen LogP contribution in [0.4, 0.5) is 0 Å². The number of nitrogens with one attached hydrogen (secondary N) is 1. The summed E-state index contributed by atoms with van der Waals surface area (Å²) in [7, 11) is 0. The lowest BCUT2D eigenvalue weighted by atomic mass is 10.00. The van der Waals surface area contributed by atoms with Crippen molar-refractivity contribution in [2.75, 3.05) is 6.54 Å². The van der Waals surface area contributed by atoms with Crippen LogP contribution < -0.4 is 5.32 Å². The lowest BCUT2D eigenvalue weighted by Gasteiger charge is -2.23. The fourth-order valence-corrected chi connectivity index (χ4v) is 2.14. The van der Waals surface area contributed by atoms with E-state index < -0.39 is 0 Å². The molecule has 0 bridgehead atoms. The van der Waals surface area contributed by atoms with Crippen LogP contribution in [0.3, 0.4) is 0 Å². The van der Waals surface area contributed by atoms with Crippen LogP contribution in [0.5, 0.6) is 0 Å². The van der Waals surface area contributed by atoms with Crippen LogP contribution in [0.25, 0.3) is 17.0 Å². The molecule has 2 heteroatoms. The molecule has 1 N–H and O–H groups in total. The van der Waals surface area contributed by atoms with Crippen molar-refractivity contribution < 1.29 is 0 Å². The van der Waals surface area contributed by atoms with Gasteiger partial charge in [0.2, 0.25) is 0 Å². The van der Waals surface area contributed by atoms with Crippen LogP contribution in [0.1, 0.15) is 40.3 Å². The Bertz CT molecular complexity index is 633. The van der Waals surface area contributed by atoms with Crippen molar-refractivity contribution in [3.63, 3.8) is 0 Å². The second-order valence-corrected chi connectivity index (χ2v) is 6.91. The molecule has 0 spiro atoms. The molecule has 0 aliphatic carbocycles. The van der Waals surface area contributed by atoms with E-state index in [0.717, 1.165) is 17.8 Å². The number of para-hydroxylation sites is 1. The summed E-state index contributed by atoms with van der Waals surface area (Å²) in [6.45, 7) is 11.9. The van der Waals surface area contributed by atoms with Gasteiger partial charge in [-0.1, -0.05) is 43.7 Å². The predicted molar refractivity (Wildman–Crippen MR) is 92.3 cm³/mol. The number of nitrogens with zero attached hydrogens (tertiary/aromatic N) is 1. The lowest BCUT2D eigenvalue weighted by Crippen LogP contribution is -2.37. The molecule has 112 valence electrons. The Kier molecular flexibility index (Phi) is 4.79. The zero-order valence-electron chi connectivity index (χ0n) is 13.8. The minimum Gasteiger partial charge on any atom is -0.308 e. The first-order valence-corrected chi connectivity index (χ1v) is 7.66. The number of aromatic nitrogens is 1. The molecule has 0 aliphatic rings. The third-order valence-corrected chi connectivity index (χ3v) is 3.52. The van der Waals surface area contributed by atoms with Crippen molar-refractivity contribution >= 4 is 17.0 Å². The molecule has 1 aromatic heterocycles. The number of pyridine rings is 1. The average molecular weight is 282 g/mol. The largest absolute Gasteiger partial charge is 0.308 e. The van der Waals surface area contributed by atoms with E-state index in [-0.39, 0.29) is 5.54 Å². The van der Waals surface area contributed by atoms with Crippen LogP contribution in [-0.4, -0.2) is 17.1 Å². The van der Waals surface area contributed by atoms with Crippen molar-refractivity contribution in [1.82, 2.24) is 10.3 Å². The zero-order valence-corrected chi connectivity index (χ0v) is 13.8. The predicted octanol–water partition coefficient (Wildman–Crippen LogP) is 4.66. The lowest BCUT2D eigenvalue weighted by molar-refractivity contribution is 0.437. The maximum absolute atomic E-state index is 4.74. The van der Waals surface area contributed by atoms with Crippen molar-refractivity contribution in [3.8, 4) is 0 Å². The van der Waals surface area contributed by atoms with E-state index in [1.807, 2.05) is 12.1 Å². The van der Waals surface area contributed by atoms with Crippen LogP contribution in [0, 0.1) is 5.92 Å². The van der Waals surface area contributed by atoms with Gasteiger partial charge in [0, 0.05) is 17.5 Å². The summed E-state index contributed by atoms with van der Waals surface area (Å²) in [5.74, 6) is 0.508. The summed E-state index contributed by atoms with van der Waals surface area (Å²) in [4.78, 5) is 4.74. The Hall–Kier alpha value is -1.67. The average Bonchev–Trinajstić information content (AvgIpc) is 2.42. The summed E-state index contributed by atoms with van der Waals surface area (Å²) < 4.78 is 0. The zero-order chi connectivity index (χ0) is 15.5. The molecule has 0 aliphatic heterocycles. The third kappa shape index (κ3) is 4.68. The van der Waals surface area contributed by atoms with Gasteiger partial charge in [-0.3, -0.25) is 0 Å². The molecule has 21 heavy (non-hydrogen) atoms. The first kappa shape index (κ1) is 15.7. The standard InChI is InChI=1S/C19H26N2/c1-14(2)16(13-20-19(3,4)5)12-17-11-10-15-8-6-7-9-18(15)21-17/h6-12,14,20H,13H2,1-5H3. The van der Waals surface area contributed by atoms with Gasteiger partial charge in [-0.25, -0.2) is 4.98 Å². The number of fused-ring (bicyclic) bond motifs is 1. The van der Waals surface area contributed by atoms with Gasteiger partial charge in [-0.15, -0.1) is 0 Å². The third-order valence-electron chi connectivity index (χ3n) is 3.52. The molecule has 1 heterocycles. The molecule has 0 fully saturated rings. The van der Waals surface area contributed by atoms with E-state index in [1.165, 1.54) is 11.0 Å². The van der Waals surface area contributed by atoms with Gasteiger partial charge in [-0.2, -0.15) is 0 Å². The molecule has 0 saturated carbocycles. The van der Waals surface area contributed by atoms with E-state index in [4.69, 9.17) is 4.98 Å². The normalized spacial score (nSPS) is 13.1. The minimum absolute atomic E-state index is 0.130. The summed E-state index contributed by atoms with van der Waals surface area (Å²) >= 11 is 0. The Morgan fingerprint density at radius 3 is 2.52 bits per heavy atom. The van der Waals surface area contributed by atoms with Gasteiger partial charge in [0.15, 0.2) is 0 Å². The quantitative estimate of drug-likeness (QED) is 0.882. The molecular formula is C19H26N2. The summed E-state index contributed by atoms with van der Waals surface area (Å²) in [5.41, 5.74) is 3.60. The Balaban J connectivity index is 2.27. The molecular weight excluding hydrogens is 256 g/mol. The molecule has 0 saturated heterocycles. The molecule has 2 aromatic rings. The highest BCUT2D eigenvalue weighted by Crippen LogP contribution is 2.17. The van der Waals surface area contributed by atoms with Gasteiger partial charge in [0.1, 0.15) is 0 Å². The fourth-order valence-electron chi connectivity index (χ4n) is 2.14. The maximum atomic E-state index is 4.74.